The van der Waals surface area contributed by atoms with Crippen molar-refractivity contribution < 1.29 is 0 Å². The fraction of sp³-hybridized carbons (Fsp3) is 1.00. The molecular weight excluding hydrogens is 160 g/mol. The molecule has 0 aliphatic carbocycles. The molecule has 0 heterocycles. The quantitative estimate of drug-likeness (QED) is 0.645. The van der Waals surface area contributed by atoms with E-state index in [9.17, 15) is 0 Å². The first-order valence-electron chi connectivity index (χ1n) is 5.42. The van der Waals surface area contributed by atoms with Crippen molar-refractivity contribution in [3.63, 3.8) is 0 Å². The van der Waals surface area contributed by atoms with Crippen LogP contribution in [0.2, 0.25) is 0 Å². The molecule has 0 saturated carbocycles. The summed E-state index contributed by atoms with van der Waals surface area (Å²) in [6.07, 6.45) is 2.75. The highest BCUT2D eigenvalue weighted by molar-refractivity contribution is 4.77. The van der Waals surface area contributed by atoms with Crippen molar-refractivity contribution in [2.45, 2.75) is 72.1 Å². The van der Waals surface area contributed by atoms with Gasteiger partial charge in [0.05, 0.1) is 6.17 Å². The lowest BCUT2D eigenvalue weighted by Gasteiger charge is -2.30. The van der Waals surface area contributed by atoms with E-state index in [1.165, 1.54) is 6.42 Å². The van der Waals surface area contributed by atoms with Gasteiger partial charge in [0.15, 0.2) is 0 Å². The topological polar surface area (TPSA) is 24.1 Å². The molecule has 0 saturated heterocycles. The highest BCUT2D eigenvalue weighted by Gasteiger charge is 2.16. The van der Waals surface area contributed by atoms with Gasteiger partial charge in [-0.25, -0.2) is 0 Å². The molecule has 2 heteroatoms. The standard InChI is InChI=1S/C11H26N2/c1-7-9(3)12-10(8-2)13-11(4,5)6/h9-10,12-13H,7-8H2,1-6H3. The molecule has 2 atom stereocenters. The third-order valence-corrected chi connectivity index (χ3v) is 2.11. The molecular formula is C11H26N2. The Labute approximate surface area is 83.5 Å². The summed E-state index contributed by atoms with van der Waals surface area (Å²) in [4.78, 5) is 0. The van der Waals surface area contributed by atoms with E-state index in [0.29, 0.717) is 12.2 Å². The van der Waals surface area contributed by atoms with Crippen LogP contribution in [-0.4, -0.2) is 17.7 Å². The monoisotopic (exact) mass is 186 g/mol. The molecule has 0 aromatic heterocycles. The highest BCUT2D eigenvalue weighted by atomic mass is 15.2. The molecule has 0 radical (unpaired) electrons. The molecule has 0 spiro atoms. The van der Waals surface area contributed by atoms with Crippen molar-refractivity contribution in [1.82, 2.24) is 10.6 Å². The van der Waals surface area contributed by atoms with Crippen LogP contribution in [0.1, 0.15) is 54.4 Å². The van der Waals surface area contributed by atoms with Gasteiger partial charge in [-0.3, -0.25) is 10.6 Å². The van der Waals surface area contributed by atoms with E-state index in [4.69, 9.17) is 0 Å². The Morgan fingerprint density at radius 2 is 1.62 bits per heavy atom. The van der Waals surface area contributed by atoms with E-state index in [1.54, 1.807) is 0 Å². The molecule has 80 valence electrons. The van der Waals surface area contributed by atoms with Gasteiger partial charge in [-0.15, -0.1) is 0 Å². The number of hydrogen-bond acceptors (Lipinski definition) is 2. The van der Waals surface area contributed by atoms with Crippen molar-refractivity contribution in [2.75, 3.05) is 0 Å². The van der Waals surface area contributed by atoms with Crippen LogP contribution >= 0.6 is 0 Å². The Balaban J connectivity index is 3.89. The molecule has 0 aromatic carbocycles. The summed E-state index contributed by atoms with van der Waals surface area (Å²) >= 11 is 0. The van der Waals surface area contributed by atoms with E-state index >= 15 is 0 Å². The van der Waals surface area contributed by atoms with E-state index < -0.39 is 0 Å². The van der Waals surface area contributed by atoms with Crippen LogP contribution in [0.4, 0.5) is 0 Å². The molecule has 2 N–H and O–H groups in total. The first-order chi connectivity index (χ1) is 5.89. The Morgan fingerprint density at radius 1 is 1.08 bits per heavy atom. The second kappa shape index (κ2) is 5.61. The molecule has 0 rings (SSSR count). The van der Waals surface area contributed by atoms with E-state index in [2.05, 4.69) is 52.2 Å². The number of nitrogens with one attached hydrogen (secondary N) is 2. The Kier molecular flexibility index (Phi) is 5.57. The smallest absolute Gasteiger partial charge is 0.0574 e. The lowest BCUT2D eigenvalue weighted by Crippen LogP contribution is -2.52. The predicted octanol–water partition coefficient (Wildman–Crippen LogP) is 2.50. The minimum Gasteiger partial charge on any atom is -0.299 e. The average Bonchev–Trinajstić information content (AvgIpc) is 2.00. The fourth-order valence-electron chi connectivity index (χ4n) is 1.25. The van der Waals surface area contributed by atoms with Crippen molar-refractivity contribution in [3.05, 3.63) is 0 Å². The molecule has 2 nitrogen and oxygen atoms in total. The molecule has 0 fully saturated rings. The van der Waals surface area contributed by atoms with E-state index in [1.807, 2.05) is 0 Å². The SMILES string of the molecule is CCC(C)NC(CC)NC(C)(C)C. The van der Waals surface area contributed by atoms with Crippen LogP contribution in [0.25, 0.3) is 0 Å². The summed E-state index contributed by atoms with van der Waals surface area (Å²) in [5.74, 6) is 0. The zero-order valence-electron chi connectivity index (χ0n) is 10.1. The Hall–Kier alpha value is -0.0800. The fourth-order valence-corrected chi connectivity index (χ4v) is 1.25. The molecule has 0 aliphatic rings. The maximum absolute atomic E-state index is 3.56. The van der Waals surface area contributed by atoms with E-state index in [0.717, 1.165) is 6.42 Å². The zero-order chi connectivity index (χ0) is 10.5. The van der Waals surface area contributed by atoms with Gasteiger partial charge in [-0.1, -0.05) is 13.8 Å². The molecule has 0 aliphatic heterocycles. The van der Waals surface area contributed by atoms with E-state index in [-0.39, 0.29) is 5.54 Å². The first kappa shape index (κ1) is 12.9. The predicted molar refractivity (Wildman–Crippen MR) is 59.9 cm³/mol. The second-order valence-electron chi connectivity index (χ2n) is 4.83. The summed E-state index contributed by atoms with van der Waals surface area (Å²) < 4.78 is 0. The maximum atomic E-state index is 3.56. The maximum Gasteiger partial charge on any atom is 0.0574 e. The summed E-state index contributed by atoms with van der Waals surface area (Å²) in [6.45, 7) is 13.3. The third-order valence-electron chi connectivity index (χ3n) is 2.11. The molecule has 0 bridgehead atoms. The second-order valence-corrected chi connectivity index (χ2v) is 4.83. The molecule has 0 amide bonds. The lowest BCUT2D eigenvalue weighted by atomic mass is 10.1. The zero-order valence-corrected chi connectivity index (χ0v) is 10.1. The third kappa shape index (κ3) is 7.03. The van der Waals surface area contributed by atoms with Crippen LogP contribution in [0.3, 0.4) is 0 Å². The van der Waals surface area contributed by atoms with Crippen LogP contribution in [0, 0.1) is 0 Å². The summed E-state index contributed by atoms with van der Waals surface area (Å²) in [5, 5.41) is 7.12. The van der Waals surface area contributed by atoms with Crippen LogP contribution < -0.4 is 10.6 Å². The van der Waals surface area contributed by atoms with Crippen molar-refractivity contribution in [1.29, 1.82) is 0 Å². The van der Waals surface area contributed by atoms with Gasteiger partial charge in [0.25, 0.3) is 0 Å². The molecule has 2 unspecified atom stereocenters. The van der Waals surface area contributed by atoms with Crippen molar-refractivity contribution in [3.8, 4) is 0 Å². The minimum absolute atomic E-state index is 0.196. The largest absolute Gasteiger partial charge is 0.299 e. The average molecular weight is 186 g/mol. The summed E-state index contributed by atoms with van der Waals surface area (Å²) in [6, 6.07) is 0.597. The number of rotatable bonds is 5. The first-order valence-corrected chi connectivity index (χ1v) is 5.42. The van der Waals surface area contributed by atoms with Crippen molar-refractivity contribution in [2.24, 2.45) is 0 Å². The van der Waals surface area contributed by atoms with Gasteiger partial charge in [-0.05, 0) is 40.5 Å². The number of hydrogen-bond donors (Lipinski definition) is 2. The molecule has 0 aromatic rings. The minimum atomic E-state index is 0.196. The summed E-state index contributed by atoms with van der Waals surface area (Å²) in [7, 11) is 0. The lowest BCUT2D eigenvalue weighted by molar-refractivity contribution is 0.289. The van der Waals surface area contributed by atoms with Gasteiger partial charge >= 0.3 is 0 Å². The van der Waals surface area contributed by atoms with Crippen molar-refractivity contribution >= 4 is 0 Å². The normalized spacial score (nSPS) is 17.1. The Morgan fingerprint density at radius 3 is 1.92 bits per heavy atom. The van der Waals surface area contributed by atoms with Gasteiger partial charge in [0, 0.05) is 11.6 Å². The Bertz CT molecular complexity index is 127. The highest BCUT2D eigenvalue weighted by Crippen LogP contribution is 2.03. The van der Waals surface area contributed by atoms with Gasteiger partial charge in [0.2, 0.25) is 0 Å². The van der Waals surface area contributed by atoms with Crippen LogP contribution in [-0.2, 0) is 0 Å². The van der Waals surface area contributed by atoms with Crippen LogP contribution in [0.15, 0.2) is 0 Å². The van der Waals surface area contributed by atoms with Crippen LogP contribution in [0.5, 0.6) is 0 Å². The van der Waals surface area contributed by atoms with Gasteiger partial charge in [-0.2, -0.15) is 0 Å². The van der Waals surface area contributed by atoms with Gasteiger partial charge < -0.3 is 0 Å². The summed E-state index contributed by atoms with van der Waals surface area (Å²) in [5.41, 5.74) is 0.196. The van der Waals surface area contributed by atoms with Gasteiger partial charge in [0.1, 0.15) is 0 Å². The molecule has 13 heavy (non-hydrogen) atoms.